The standard InChI is InChI=1S/C27H30N6OS/c1-19-11-13-21(14-12-19)25(34)31-15-17-32(18-16-31)27-30-33-24(28-22-9-5-6-10-22)23(29-26(33)35-27)20-7-3-2-4-8-20/h2-4,7-8,11-14,22,28H,5-6,9-10,15-18H2,1H3. The Morgan fingerprint density at radius 1 is 0.971 bits per heavy atom. The summed E-state index contributed by atoms with van der Waals surface area (Å²) in [5.74, 6) is 1.10. The molecule has 0 atom stereocenters. The number of nitrogens with one attached hydrogen (secondary N) is 1. The third-order valence-corrected chi connectivity index (χ3v) is 8.04. The van der Waals surface area contributed by atoms with Gasteiger partial charge >= 0.3 is 0 Å². The summed E-state index contributed by atoms with van der Waals surface area (Å²) in [6, 6.07) is 18.7. The number of imidazole rings is 1. The van der Waals surface area contributed by atoms with Crippen molar-refractivity contribution >= 4 is 33.2 Å². The molecule has 180 valence electrons. The SMILES string of the molecule is Cc1ccc(C(=O)N2CCN(c3nn4c(NC5CCCC5)c(-c5ccccc5)nc4s3)CC2)cc1. The number of carbonyl (C=O) groups is 1. The van der Waals surface area contributed by atoms with Crippen LogP contribution < -0.4 is 10.2 Å². The summed E-state index contributed by atoms with van der Waals surface area (Å²) in [6.45, 7) is 4.96. The van der Waals surface area contributed by atoms with E-state index >= 15 is 0 Å². The lowest BCUT2D eigenvalue weighted by Crippen LogP contribution is -2.48. The van der Waals surface area contributed by atoms with Crippen LogP contribution in [0.5, 0.6) is 0 Å². The first-order valence-corrected chi connectivity index (χ1v) is 13.3. The Labute approximate surface area is 209 Å². The van der Waals surface area contributed by atoms with Crippen molar-refractivity contribution in [2.75, 3.05) is 36.4 Å². The first-order chi connectivity index (χ1) is 17.2. The third-order valence-electron chi connectivity index (χ3n) is 7.07. The number of fused-ring (bicyclic) bond motifs is 1. The molecule has 2 aromatic heterocycles. The van der Waals surface area contributed by atoms with Gasteiger partial charge < -0.3 is 15.1 Å². The van der Waals surface area contributed by atoms with Gasteiger partial charge in [-0.05, 0) is 31.9 Å². The van der Waals surface area contributed by atoms with Crippen molar-refractivity contribution in [1.82, 2.24) is 19.5 Å². The molecule has 7 nitrogen and oxygen atoms in total. The average Bonchev–Trinajstić information content (AvgIpc) is 3.63. The van der Waals surface area contributed by atoms with Crippen LogP contribution in [0.1, 0.15) is 41.6 Å². The van der Waals surface area contributed by atoms with Gasteiger partial charge in [0, 0.05) is 43.3 Å². The predicted octanol–water partition coefficient (Wildman–Crippen LogP) is 5.08. The molecule has 2 fully saturated rings. The van der Waals surface area contributed by atoms with Gasteiger partial charge in [0.05, 0.1) is 0 Å². The monoisotopic (exact) mass is 486 g/mol. The highest BCUT2D eigenvalue weighted by Gasteiger charge is 2.27. The van der Waals surface area contributed by atoms with Gasteiger partial charge in [-0.25, -0.2) is 4.98 Å². The maximum Gasteiger partial charge on any atom is 0.253 e. The number of benzene rings is 2. The molecule has 6 rings (SSSR count). The number of amides is 1. The average molecular weight is 487 g/mol. The molecule has 0 spiro atoms. The van der Waals surface area contributed by atoms with Crippen LogP contribution in [0.25, 0.3) is 16.2 Å². The minimum Gasteiger partial charge on any atom is -0.365 e. The predicted molar refractivity (Wildman–Crippen MR) is 141 cm³/mol. The van der Waals surface area contributed by atoms with E-state index in [2.05, 4.69) is 34.5 Å². The van der Waals surface area contributed by atoms with Gasteiger partial charge in [0.2, 0.25) is 10.1 Å². The van der Waals surface area contributed by atoms with Crippen LogP contribution in [-0.4, -0.2) is 57.6 Å². The van der Waals surface area contributed by atoms with Gasteiger partial charge in [-0.15, -0.1) is 5.10 Å². The molecule has 1 N–H and O–H groups in total. The lowest BCUT2D eigenvalue weighted by Gasteiger charge is -2.34. The first kappa shape index (κ1) is 22.1. The molecule has 8 heteroatoms. The first-order valence-electron chi connectivity index (χ1n) is 12.5. The van der Waals surface area contributed by atoms with Crippen molar-refractivity contribution in [3.05, 3.63) is 65.7 Å². The molecule has 1 saturated heterocycles. The minimum atomic E-state index is 0.106. The Kier molecular flexibility index (Phi) is 5.90. The van der Waals surface area contributed by atoms with E-state index in [9.17, 15) is 4.79 Å². The number of piperazine rings is 1. The van der Waals surface area contributed by atoms with Gasteiger partial charge in [-0.3, -0.25) is 4.79 Å². The molecule has 3 heterocycles. The lowest BCUT2D eigenvalue weighted by molar-refractivity contribution is 0.0746. The highest BCUT2D eigenvalue weighted by molar-refractivity contribution is 7.20. The maximum absolute atomic E-state index is 12.9. The van der Waals surface area contributed by atoms with Gasteiger partial charge in [-0.2, -0.15) is 4.52 Å². The van der Waals surface area contributed by atoms with Crippen LogP contribution in [-0.2, 0) is 0 Å². The quantitative estimate of drug-likeness (QED) is 0.426. The van der Waals surface area contributed by atoms with E-state index in [1.807, 2.05) is 46.7 Å². The van der Waals surface area contributed by atoms with Crippen molar-refractivity contribution in [3.63, 3.8) is 0 Å². The van der Waals surface area contributed by atoms with Crippen LogP contribution in [0.3, 0.4) is 0 Å². The molecule has 2 aliphatic rings. The van der Waals surface area contributed by atoms with Gasteiger partial charge in [0.15, 0.2) is 5.82 Å². The molecule has 1 aliphatic heterocycles. The van der Waals surface area contributed by atoms with Gasteiger partial charge in [-0.1, -0.05) is 72.2 Å². The summed E-state index contributed by atoms with van der Waals surface area (Å²) >= 11 is 1.62. The highest BCUT2D eigenvalue weighted by Crippen LogP contribution is 2.35. The van der Waals surface area contributed by atoms with E-state index in [-0.39, 0.29) is 5.91 Å². The Morgan fingerprint density at radius 2 is 1.69 bits per heavy atom. The largest absolute Gasteiger partial charge is 0.365 e. The molecule has 0 bridgehead atoms. The fourth-order valence-corrected chi connectivity index (χ4v) is 5.99. The molecule has 0 radical (unpaired) electrons. The molecule has 1 aliphatic carbocycles. The topological polar surface area (TPSA) is 65.8 Å². The van der Waals surface area contributed by atoms with Crippen molar-refractivity contribution < 1.29 is 4.79 Å². The molecule has 1 saturated carbocycles. The Bertz CT molecular complexity index is 1320. The number of anilines is 2. The number of aryl methyl sites for hydroxylation is 1. The fraction of sp³-hybridized carbons (Fsp3) is 0.370. The lowest BCUT2D eigenvalue weighted by atomic mass is 10.1. The summed E-state index contributed by atoms with van der Waals surface area (Å²) in [5.41, 5.74) is 4.00. The van der Waals surface area contributed by atoms with E-state index in [0.29, 0.717) is 19.1 Å². The maximum atomic E-state index is 12.9. The third kappa shape index (κ3) is 4.38. The fourth-order valence-electron chi connectivity index (χ4n) is 5.04. The van der Waals surface area contributed by atoms with Crippen molar-refractivity contribution in [3.8, 4) is 11.3 Å². The van der Waals surface area contributed by atoms with Crippen LogP contribution in [0, 0.1) is 6.92 Å². The molecule has 35 heavy (non-hydrogen) atoms. The molecular formula is C27H30N6OS. The van der Waals surface area contributed by atoms with E-state index < -0.39 is 0 Å². The second kappa shape index (κ2) is 9.34. The van der Waals surface area contributed by atoms with E-state index in [0.717, 1.165) is 51.4 Å². The van der Waals surface area contributed by atoms with Crippen molar-refractivity contribution in [2.45, 2.75) is 38.6 Å². The number of hydrogen-bond donors (Lipinski definition) is 1. The van der Waals surface area contributed by atoms with Crippen LogP contribution in [0.4, 0.5) is 10.9 Å². The van der Waals surface area contributed by atoms with Crippen LogP contribution in [0.2, 0.25) is 0 Å². The summed E-state index contributed by atoms with van der Waals surface area (Å²) in [7, 11) is 0. The summed E-state index contributed by atoms with van der Waals surface area (Å²) < 4.78 is 1.99. The van der Waals surface area contributed by atoms with E-state index in [1.165, 1.54) is 25.7 Å². The number of rotatable bonds is 5. The number of carbonyl (C=O) groups excluding carboxylic acids is 1. The second-order valence-corrected chi connectivity index (χ2v) is 10.5. The highest BCUT2D eigenvalue weighted by atomic mass is 32.1. The van der Waals surface area contributed by atoms with Crippen LogP contribution >= 0.6 is 11.3 Å². The zero-order valence-electron chi connectivity index (χ0n) is 20.0. The van der Waals surface area contributed by atoms with Crippen LogP contribution in [0.15, 0.2) is 54.6 Å². The van der Waals surface area contributed by atoms with Gasteiger partial charge in [0.1, 0.15) is 5.69 Å². The molecule has 2 aromatic carbocycles. The molecule has 0 unspecified atom stereocenters. The molecular weight excluding hydrogens is 456 g/mol. The van der Waals surface area contributed by atoms with Gasteiger partial charge in [0.25, 0.3) is 5.91 Å². The zero-order valence-corrected chi connectivity index (χ0v) is 20.8. The number of nitrogens with zero attached hydrogens (tertiary/aromatic N) is 5. The smallest absolute Gasteiger partial charge is 0.253 e. The summed E-state index contributed by atoms with van der Waals surface area (Å²) in [4.78, 5) is 23.0. The molecule has 1 amide bonds. The van der Waals surface area contributed by atoms with E-state index in [4.69, 9.17) is 10.1 Å². The number of aromatic nitrogens is 3. The van der Waals surface area contributed by atoms with E-state index in [1.54, 1.807) is 11.3 Å². The Morgan fingerprint density at radius 3 is 2.40 bits per heavy atom. The normalized spacial score (nSPS) is 16.8. The molecule has 4 aromatic rings. The minimum absolute atomic E-state index is 0.106. The second-order valence-electron chi connectivity index (χ2n) is 9.53. The Balaban J connectivity index is 1.22. The Hall–Kier alpha value is -3.39. The van der Waals surface area contributed by atoms with Crippen molar-refractivity contribution in [2.24, 2.45) is 0 Å². The summed E-state index contributed by atoms with van der Waals surface area (Å²) in [6.07, 6.45) is 4.92. The number of hydrogen-bond acceptors (Lipinski definition) is 6. The zero-order chi connectivity index (χ0) is 23.8. The van der Waals surface area contributed by atoms with Crippen molar-refractivity contribution in [1.29, 1.82) is 0 Å². The summed E-state index contributed by atoms with van der Waals surface area (Å²) in [5, 5.41) is 9.72.